The van der Waals surface area contributed by atoms with E-state index in [0.29, 0.717) is 18.6 Å². The van der Waals surface area contributed by atoms with Gasteiger partial charge >= 0.3 is 0 Å². The third kappa shape index (κ3) is 12.3. The van der Waals surface area contributed by atoms with Crippen molar-refractivity contribution in [2.45, 2.75) is 98.8 Å². The molecule has 1 nitrogen and oxygen atoms in total. The first-order valence-electron chi connectivity index (χ1n) is 11.8. The molecule has 1 rings (SSSR count). The molecule has 0 unspecified atom stereocenters. The lowest BCUT2D eigenvalue weighted by atomic mass is 9.79. The molecule has 1 aromatic rings. The average molecular weight is 421 g/mol. The Balaban J connectivity index is 2.40. The van der Waals surface area contributed by atoms with Crippen molar-refractivity contribution in [3.05, 3.63) is 82.5 Å². The Bertz CT molecular complexity index is 796. The molecule has 31 heavy (non-hydrogen) atoms. The SMILES string of the molecule is CC(C)=CCC/C(C)=C/CC(=O)C/C=C(\C)CCC=C(C)CC(C)(C)c1ccccc1. The highest BCUT2D eigenvalue weighted by Crippen LogP contribution is 2.30. The number of carbonyl (C=O) groups is 1. The summed E-state index contributed by atoms with van der Waals surface area (Å²) in [5, 5.41) is 0. The zero-order valence-corrected chi connectivity index (χ0v) is 21.1. The van der Waals surface area contributed by atoms with Crippen molar-refractivity contribution in [1.29, 1.82) is 0 Å². The van der Waals surface area contributed by atoms with Gasteiger partial charge in [0.05, 0.1) is 0 Å². The van der Waals surface area contributed by atoms with Crippen LogP contribution in [0.1, 0.15) is 99.0 Å². The van der Waals surface area contributed by atoms with Crippen LogP contribution in [0.2, 0.25) is 0 Å². The quantitative estimate of drug-likeness (QED) is 0.291. The third-order valence-electron chi connectivity index (χ3n) is 5.76. The van der Waals surface area contributed by atoms with Crippen molar-refractivity contribution in [2.24, 2.45) is 0 Å². The maximum absolute atomic E-state index is 12.2. The highest BCUT2D eigenvalue weighted by Gasteiger charge is 2.20. The predicted octanol–water partition coefficient (Wildman–Crippen LogP) is 9.07. The van der Waals surface area contributed by atoms with Crippen molar-refractivity contribution in [3.63, 3.8) is 0 Å². The van der Waals surface area contributed by atoms with Gasteiger partial charge in [-0.1, -0.05) is 90.8 Å². The van der Waals surface area contributed by atoms with E-state index in [2.05, 4.69) is 103 Å². The van der Waals surface area contributed by atoms with E-state index in [0.717, 1.165) is 32.1 Å². The number of rotatable bonds is 13. The van der Waals surface area contributed by atoms with Crippen LogP contribution in [0.4, 0.5) is 0 Å². The smallest absolute Gasteiger partial charge is 0.140 e. The zero-order valence-electron chi connectivity index (χ0n) is 21.1. The van der Waals surface area contributed by atoms with Gasteiger partial charge in [-0.3, -0.25) is 4.79 Å². The lowest BCUT2D eigenvalue weighted by molar-refractivity contribution is -0.117. The molecule has 0 atom stereocenters. The van der Waals surface area contributed by atoms with Gasteiger partial charge in [-0.25, -0.2) is 0 Å². The van der Waals surface area contributed by atoms with Crippen LogP contribution in [-0.2, 0) is 10.2 Å². The summed E-state index contributed by atoms with van der Waals surface area (Å²) in [6.07, 6.45) is 15.2. The second kappa shape index (κ2) is 14.0. The Morgan fingerprint density at radius 3 is 1.77 bits per heavy atom. The topological polar surface area (TPSA) is 17.1 Å². The molecule has 0 N–H and O–H groups in total. The molecule has 0 saturated heterocycles. The molecule has 0 aliphatic carbocycles. The summed E-state index contributed by atoms with van der Waals surface area (Å²) in [4.78, 5) is 12.2. The monoisotopic (exact) mass is 420 g/mol. The van der Waals surface area contributed by atoms with E-state index < -0.39 is 0 Å². The maximum Gasteiger partial charge on any atom is 0.140 e. The van der Waals surface area contributed by atoms with E-state index in [4.69, 9.17) is 0 Å². The summed E-state index contributed by atoms with van der Waals surface area (Å²) in [5.41, 5.74) is 6.95. The van der Waals surface area contributed by atoms with Gasteiger partial charge in [0.1, 0.15) is 5.78 Å². The minimum Gasteiger partial charge on any atom is -0.299 e. The summed E-state index contributed by atoms with van der Waals surface area (Å²) in [6.45, 7) is 15.4. The van der Waals surface area contributed by atoms with Crippen molar-refractivity contribution in [1.82, 2.24) is 0 Å². The number of ketones is 1. The highest BCUT2D eigenvalue weighted by atomic mass is 16.1. The molecule has 0 aliphatic rings. The first kappa shape index (κ1) is 26.9. The summed E-state index contributed by atoms with van der Waals surface area (Å²) < 4.78 is 0. The normalized spacial score (nSPS) is 13.3. The van der Waals surface area contributed by atoms with Crippen molar-refractivity contribution >= 4 is 5.78 Å². The molecule has 1 heteroatoms. The molecule has 0 fully saturated rings. The number of hydrogen-bond acceptors (Lipinski definition) is 1. The molecule has 0 bridgehead atoms. The lowest BCUT2D eigenvalue weighted by Crippen LogP contribution is -2.17. The Labute approximate surface area is 192 Å². The second-order valence-electron chi connectivity index (χ2n) is 9.88. The number of allylic oxidation sites excluding steroid dienone is 8. The van der Waals surface area contributed by atoms with Gasteiger partial charge < -0.3 is 0 Å². The van der Waals surface area contributed by atoms with Gasteiger partial charge in [0, 0.05) is 12.8 Å². The predicted molar refractivity (Wildman–Crippen MR) is 137 cm³/mol. The Hall–Kier alpha value is -2.15. The first-order chi connectivity index (χ1) is 14.6. The number of benzene rings is 1. The molecule has 0 amide bonds. The third-order valence-corrected chi connectivity index (χ3v) is 5.76. The van der Waals surface area contributed by atoms with E-state index in [1.54, 1.807) is 0 Å². The standard InChI is InChI=1S/C30H44O/c1-24(2)13-11-14-25(3)19-21-29(31)22-20-26(4)15-12-16-27(5)23-30(6,7)28-17-9-8-10-18-28/h8-10,13,16-20H,11-12,14-15,21-23H2,1-7H3/b25-19+,26-20+,27-16?. The van der Waals surface area contributed by atoms with Gasteiger partial charge in [0.25, 0.3) is 0 Å². The molecule has 0 saturated carbocycles. The minimum atomic E-state index is 0.149. The number of Topliss-reactive ketones (excluding diaryl/α,β-unsaturated/α-hetero) is 1. The maximum atomic E-state index is 12.2. The van der Waals surface area contributed by atoms with E-state index in [1.165, 1.54) is 27.9 Å². The molecular formula is C30H44O. The van der Waals surface area contributed by atoms with E-state index in [9.17, 15) is 4.79 Å². The first-order valence-corrected chi connectivity index (χ1v) is 11.8. The fourth-order valence-corrected chi connectivity index (χ4v) is 3.76. The number of carbonyl (C=O) groups excluding carboxylic acids is 1. The lowest BCUT2D eigenvalue weighted by Gasteiger charge is -2.25. The Morgan fingerprint density at radius 2 is 1.26 bits per heavy atom. The molecule has 0 radical (unpaired) electrons. The largest absolute Gasteiger partial charge is 0.299 e. The van der Waals surface area contributed by atoms with Crippen LogP contribution in [0.3, 0.4) is 0 Å². The van der Waals surface area contributed by atoms with Crippen LogP contribution in [0.25, 0.3) is 0 Å². The van der Waals surface area contributed by atoms with Crippen molar-refractivity contribution in [2.75, 3.05) is 0 Å². The summed E-state index contributed by atoms with van der Waals surface area (Å²) >= 11 is 0. The Kier molecular flexibility index (Phi) is 12.2. The van der Waals surface area contributed by atoms with Crippen LogP contribution in [0, 0.1) is 0 Å². The number of hydrogen-bond donors (Lipinski definition) is 0. The summed E-state index contributed by atoms with van der Waals surface area (Å²) in [7, 11) is 0. The summed E-state index contributed by atoms with van der Waals surface area (Å²) in [6, 6.07) is 10.8. The second-order valence-corrected chi connectivity index (χ2v) is 9.88. The van der Waals surface area contributed by atoms with Crippen LogP contribution in [-0.4, -0.2) is 5.78 Å². The van der Waals surface area contributed by atoms with Gasteiger partial charge in [0.2, 0.25) is 0 Å². The van der Waals surface area contributed by atoms with Crippen LogP contribution in [0.15, 0.2) is 76.9 Å². The minimum absolute atomic E-state index is 0.149. The van der Waals surface area contributed by atoms with E-state index >= 15 is 0 Å². The molecule has 0 aliphatic heterocycles. The van der Waals surface area contributed by atoms with Crippen LogP contribution < -0.4 is 0 Å². The average Bonchev–Trinajstić information content (AvgIpc) is 2.70. The molecule has 0 aromatic heterocycles. The molecule has 1 aromatic carbocycles. The van der Waals surface area contributed by atoms with E-state index in [1.807, 2.05) is 0 Å². The molecule has 0 heterocycles. The molecule has 170 valence electrons. The summed E-state index contributed by atoms with van der Waals surface area (Å²) in [5.74, 6) is 0.303. The van der Waals surface area contributed by atoms with Crippen molar-refractivity contribution in [3.8, 4) is 0 Å². The fraction of sp³-hybridized carbons (Fsp3) is 0.500. The van der Waals surface area contributed by atoms with Gasteiger partial charge in [-0.15, -0.1) is 0 Å². The highest BCUT2D eigenvalue weighted by molar-refractivity contribution is 5.81. The van der Waals surface area contributed by atoms with Crippen LogP contribution >= 0.6 is 0 Å². The molecule has 0 spiro atoms. The van der Waals surface area contributed by atoms with Gasteiger partial charge in [0.15, 0.2) is 0 Å². The van der Waals surface area contributed by atoms with Crippen LogP contribution in [0.5, 0.6) is 0 Å². The zero-order chi connectivity index (χ0) is 23.3. The van der Waals surface area contributed by atoms with Gasteiger partial charge in [-0.05, 0) is 77.7 Å². The van der Waals surface area contributed by atoms with Crippen molar-refractivity contribution < 1.29 is 4.79 Å². The van der Waals surface area contributed by atoms with Gasteiger partial charge in [-0.2, -0.15) is 0 Å². The molecular weight excluding hydrogens is 376 g/mol. The van der Waals surface area contributed by atoms with E-state index in [-0.39, 0.29) is 5.41 Å². The fourth-order valence-electron chi connectivity index (χ4n) is 3.76. The Morgan fingerprint density at radius 1 is 0.742 bits per heavy atom.